The summed E-state index contributed by atoms with van der Waals surface area (Å²) in [7, 11) is 5.15. The highest BCUT2D eigenvalue weighted by molar-refractivity contribution is 7.69. The highest BCUT2D eigenvalue weighted by Crippen LogP contribution is 2.26. The van der Waals surface area contributed by atoms with Crippen molar-refractivity contribution < 1.29 is 5.11 Å². The van der Waals surface area contributed by atoms with Gasteiger partial charge in [0.15, 0.2) is 0 Å². The van der Waals surface area contributed by atoms with E-state index in [1.165, 1.54) is 4.88 Å². The molecule has 1 N–H and O–H groups in total. The first-order chi connectivity index (χ1) is 6.79. The van der Waals surface area contributed by atoms with Crippen LogP contribution < -0.4 is 4.67 Å². The van der Waals surface area contributed by atoms with Crippen LogP contribution in [0.3, 0.4) is 0 Å². The molecule has 1 aromatic carbocycles. The average molecular weight is 223 g/mol. The molecule has 14 heavy (non-hydrogen) atoms. The summed E-state index contributed by atoms with van der Waals surface area (Å²) in [5.74, 6) is 0.300. The molecule has 72 valence electrons. The third-order valence-electron chi connectivity index (χ3n) is 1.84. The van der Waals surface area contributed by atoms with Crippen molar-refractivity contribution in [2.45, 2.75) is 0 Å². The third kappa shape index (κ3) is 1.86. The molecule has 0 bridgehead atoms. The smallest absolute Gasteiger partial charge is 0.121 e. The van der Waals surface area contributed by atoms with E-state index in [2.05, 4.69) is 11.1 Å². The molecule has 0 radical (unpaired) electrons. The van der Waals surface area contributed by atoms with Crippen LogP contribution in [-0.4, -0.2) is 12.2 Å². The number of benzene rings is 1. The molecule has 0 aliphatic carbocycles. The van der Waals surface area contributed by atoms with Gasteiger partial charge in [-0.3, -0.25) is 4.99 Å². The van der Waals surface area contributed by atoms with Crippen molar-refractivity contribution in [1.82, 2.24) is 0 Å². The van der Waals surface area contributed by atoms with Crippen molar-refractivity contribution >= 4 is 20.7 Å². The van der Waals surface area contributed by atoms with Crippen molar-refractivity contribution in [1.29, 1.82) is 0 Å². The van der Waals surface area contributed by atoms with Gasteiger partial charge in [0.1, 0.15) is 10.4 Å². The van der Waals surface area contributed by atoms with Crippen molar-refractivity contribution in [2.75, 3.05) is 7.05 Å². The summed E-state index contributed by atoms with van der Waals surface area (Å²) in [6, 6.07) is 9.27. The van der Waals surface area contributed by atoms with Crippen LogP contribution in [0.2, 0.25) is 0 Å². The third-order valence-corrected chi connectivity index (χ3v) is 4.23. The summed E-state index contributed by atoms with van der Waals surface area (Å²) in [6.07, 6.45) is 0. The zero-order chi connectivity index (χ0) is 9.97. The van der Waals surface area contributed by atoms with E-state index in [9.17, 15) is 0 Å². The average Bonchev–Trinajstić information content (AvgIpc) is 2.67. The van der Waals surface area contributed by atoms with E-state index in [1.54, 1.807) is 39.9 Å². The predicted octanol–water partition coefficient (Wildman–Crippen LogP) is 2.71. The molecule has 0 saturated heterocycles. The molecule has 0 aliphatic rings. The molecule has 0 saturated carbocycles. The van der Waals surface area contributed by atoms with Crippen LogP contribution in [0.5, 0.6) is 5.75 Å². The van der Waals surface area contributed by atoms with Crippen LogP contribution in [0.1, 0.15) is 0 Å². The monoisotopic (exact) mass is 223 g/mol. The maximum absolute atomic E-state index is 9.14. The Morgan fingerprint density at radius 1 is 1.14 bits per heavy atom. The Hall–Kier alpha value is -1.13. The largest absolute Gasteiger partial charge is 0.508 e. The highest BCUT2D eigenvalue weighted by atomic mass is 32.9. The van der Waals surface area contributed by atoms with E-state index in [1.807, 2.05) is 12.1 Å². The summed E-state index contributed by atoms with van der Waals surface area (Å²) in [4.78, 5) is 5.30. The Balaban J connectivity index is 2.44. The van der Waals surface area contributed by atoms with E-state index in [0.29, 0.717) is 5.75 Å². The topological polar surface area (TPSA) is 32.6 Å². The van der Waals surface area contributed by atoms with Crippen LogP contribution in [0.15, 0.2) is 35.3 Å². The van der Waals surface area contributed by atoms with Gasteiger partial charge in [0.25, 0.3) is 0 Å². The standard InChI is InChI=1S/C10H9NOS2/c1-11-10-6-9(13-14-10)7-2-4-8(12)5-3-7/h2-6,12H,1H3/b11-10-. The fourth-order valence-corrected chi connectivity index (χ4v) is 3.32. The molecule has 0 amide bonds. The first-order valence-electron chi connectivity index (χ1n) is 4.12. The zero-order valence-electron chi connectivity index (χ0n) is 7.60. The maximum Gasteiger partial charge on any atom is 0.121 e. The molecule has 0 atom stereocenters. The quantitative estimate of drug-likeness (QED) is 0.741. The van der Waals surface area contributed by atoms with Crippen LogP contribution in [0.4, 0.5) is 0 Å². The normalized spacial score (nSPS) is 11.9. The molecule has 2 nitrogen and oxygen atoms in total. The van der Waals surface area contributed by atoms with E-state index in [0.717, 1.165) is 10.2 Å². The number of rotatable bonds is 1. The first-order valence-corrected chi connectivity index (χ1v) is 6.27. The van der Waals surface area contributed by atoms with E-state index in [-0.39, 0.29) is 0 Å². The lowest BCUT2D eigenvalue weighted by Crippen LogP contribution is -1.87. The van der Waals surface area contributed by atoms with Crippen LogP contribution >= 0.6 is 20.7 Å². The van der Waals surface area contributed by atoms with Crippen LogP contribution in [0, 0.1) is 0 Å². The van der Waals surface area contributed by atoms with Gasteiger partial charge >= 0.3 is 0 Å². The second-order valence-electron chi connectivity index (χ2n) is 2.78. The van der Waals surface area contributed by atoms with Crippen molar-refractivity contribution in [3.63, 3.8) is 0 Å². The predicted molar refractivity (Wildman–Crippen MR) is 60.8 cm³/mol. The zero-order valence-corrected chi connectivity index (χ0v) is 9.23. The van der Waals surface area contributed by atoms with Gasteiger partial charge in [-0.15, -0.1) is 0 Å². The molecular weight excluding hydrogens is 214 g/mol. The summed E-state index contributed by atoms with van der Waals surface area (Å²) < 4.78 is 1.04. The maximum atomic E-state index is 9.14. The van der Waals surface area contributed by atoms with Gasteiger partial charge in [0.2, 0.25) is 0 Å². The van der Waals surface area contributed by atoms with Gasteiger partial charge in [0.05, 0.1) is 0 Å². The second kappa shape index (κ2) is 3.94. The van der Waals surface area contributed by atoms with Crippen LogP contribution in [0.25, 0.3) is 10.4 Å². The number of nitrogens with zero attached hydrogens (tertiary/aromatic N) is 1. The van der Waals surface area contributed by atoms with Gasteiger partial charge in [-0.1, -0.05) is 20.7 Å². The molecule has 4 heteroatoms. The number of phenolic OH excluding ortho intramolecular Hbond substituents is 1. The molecule has 0 unspecified atom stereocenters. The Morgan fingerprint density at radius 2 is 1.86 bits per heavy atom. The summed E-state index contributed by atoms with van der Waals surface area (Å²) in [5, 5.41) is 9.14. The Kier molecular flexibility index (Phi) is 2.65. The van der Waals surface area contributed by atoms with Crippen LogP contribution in [-0.2, 0) is 0 Å². The lowest BCUT2D eigenvalue weighted by atomic mass is 10.2. The number of hydrogen-bond donors (Lipinski definition) is 1. The fraction of sp³-hybridized carbons (Fsp3) is 0.100. The molecule has 0 fully saturated rings. The first kappa shape index (κ1) is 9.43. The summed E-state index contributed by atoms with van der Waals surface area (Å²) in [6.45, 7) is 0. The lowest BCUT2D eigenvalue weighted by Gasteiger charge is -1.95. The summed E-state index contributed by atoms with van der Waals surface area (Å²) >= 11 is 0. The summed E-state index contributed by atoms with van der Waals surface area (Å²) in [5.41, 5.74) is 1.12. The van der Waals surface area contributed by atoms with E-state index >= 15 is 0 Å². The highest BCUT2D eigenvalue weighted by Gasteiger charge is 1.99. The molecule has 0 spiro atoms. The molecule has 2 aromatic rings. The second-order valence-corrected chi connectivity index (χ2v) is 4.98. The molecule has 2 rings (SSSR count). The Morgan fingerprint density at radius 3 is 2.43 bits per heavy atom. The van der Waals surface area contributed by atoms with E-state index in [4.69, 9.17) is 5.11 Å². The van der Waals surface area contributed by atoms with E-state index < -0.39 is 0 Å². The minimum Gasteiger partial charge on any atom is -0.508 e. The number of phenols is 1. The Labute approximate surface area is 89.2 Å². The van der Waals surface area contributed by atoms with Gasteiger partial charge in [-0.2, -0.15) is 0 Å². The fourth-order valence-electron chi connectivity index (χ4n) is 1.11. The minimum absolute atomic E-state index is 0.300. The molecule has 1 heterocycles. The minimum atomic E-state index is 0.300. The van der Waals surface area contributed by atoms with Gasteiger partial charge in [0, 0.05) is 11.9 Å². The molecule has 1 aromatic heterocycles. The number of aromatic hydroxyl groups is 1. The van der Waals surface area contributed by atoms with Crippen molar-refractivity contribution in [2.24, 2.45) is 4.99 Å². The Bertz CT molecular complexity index is 481. The molecular formula is C10H9NOS2. The molecule has 0 aliphatic heterocycles. The van der Waals surface area contributed by atoms with Gasteiger partial charge in [-0.05, 0) is 35.9 Å². The SMILES string of the molecule is C/N=c1/cc(-c2ccc(O)cc2)ss1. The van der Waals surface area contributed by atoms with Gasteiger partial charge in [-0.25, -0.2) is 0 Å². The van der Waals surface area contributed by atoms with Gasteiger partial charge < -0.3 is 5.11 Å². The van der Waals surface area contributed by atoms with Crippen molar-refractivity contribution in [3.8, 4) is 16.2 Å². The lowest BCUT2D eigenvalue weighted by molar-refractivity contribution is 0.475. The number of hydrogen-bond acceptors (Lipinski definition) is 4. The van der Waals surface area contributed by atoms with Crippen molar-refractivity contribution in [3.05, 3.63) is 35.0 Å².